The van der Waals surface area contributed by atoms with E-state index >= 15 is 0 Å². The molecule has 0 N–H and O–H groups in total. The highest BCUT2D eigenvalue weighted by Crippen LogP contribution is 2.37. The zero-order valence-corrected chi connectivity index (χ0v) is 21.8. The van der Waals surface area contributed by atoms with Gasteiger partial charge in [-0.2, -0.15) is 0 Å². The second-order valence-corrected chi connectivity index (χ2v) is 11.4. The predicted molar refractivity (Wildman–Crippen MR) is 142 cm³/mol. The maximum atomic E-state index is 13.0. The van der Waals surface area contributed by atoms with E-state index in [1.165, 1.54) is 11.3 Å². The van der Waals surface area contributed by atoms with Crippen molar-refractivity contribution in [3.63, 3.8) is 0 Å². The molecule has 4 aromatic rings. The van der Waals surface area contributed by atoms with Crippen molar-refractivity contribution in [1.82, 2.24) is 4.98 Å². The van der Waals surface area contributed by atoms with Crippen LogP contribution >= 0.6 is 34.3 Å². The summed E-state index contributed by atoms with van der Waals surface area (Å²) in [5.41, 5.74) is 4.82. The zero-order valence-electron chi connectivity index (χ0n) is 19.4. The normalized spacial score (nSPS) is 13.8. The number of amides is 1. The van der Waals surface area contributed by atoms with E-state index in [9.17, 15) is 9.59 Å². The van der Waals surface area contributed by atoms with E-state index in [1.807, 2.05) is 42.6 Å². The number of thiophene rings is 1. The van der Waals surface area contributed by atoms with Gasteiger partial charge in [-0.1, -0.05) is 23.7 Å². The average molecular weight is 537 g/mol. The molecule has 0 atom stereocenters. The van der Waals surface area contributed by atoms with Crippen LogP contribution in [0.2, 0.25) is 5.02 Å². The number of thiazole rings is 1. The molecule has 182 valence electrons. The summed E-state index contributed by atoms with van der Waals surface area (Å²) >= 11 is 9.11. The van der Waals surface area contributed by atoms with E-state index in [0.717, 1.165) is 44.4 Å². The molecule has 6 rings (SSSR count). The number of carbonyl (C=O) groups excluding carboxylic acids is 2. The number of halogens is 1. The first-order chi connectivity index (χ1) is 17.5. The predicted octanol–water partition coefficient (Wildman–Crippen LogP) is 6.12. The molecule has 2 aromatic heterocycles. The van der Waals surface area contributed by atoms with E-state index in [0.29, 0.717) is 34.4 Å². The fourth-order valence-electron chi connectivity index (χ4n) is 4.63. The largest absolute Gasteiger partial charge is 0.454 e. The topological polar surface area (TPSA) is 68.7 Å². The Balaban J connectivity index is 1.17. The summed E-state index contributed by atoms with van der Waals surface area (Å²) < 4.78 is 10.8. The van der Waals surface area contributed by atoms with Crippen molar-refractivity contribution in [2.24, 2.45) is 0 Å². The van der Waals surface area contributed by atoms with Crippen molar-refractivity contribution >= 4 is 51.7 Å². The Hall–Kier alpha value is -3.20. The Kier molecular flexibility index (Phi) is 6.03. The smallest absolute Gasteiger partial charge is 0.269 e. The van der Waals surface area contributed by atoms with Gasteiger partial charge in [0.05, 0.1) is 17.1 Å². The minimum Gasteiger partial charge on any atom is -0.454 e. The fourth-order valence-corrected chi connectivity index (χ4v) is 6.70. The summed E-state index contributed by atoms with van der Waals surface area (Å²) in [5.74, 6) is 1.44. The zero-order chi connectivity index (χ0) is 24.8. The van der Waals surface area contributed by atoms with Crippen molar-refractivity contribution in [2.45, 2.75) is 26.2 Å². The lowest BCUT2D eigenvalue weighted by Gasteiger charge is -2.17. The summed E-state index contributed by atoms with van der Waals surface area (Å²) in [6.07, 6.45) is 1.39. The third-order valence-electron chi connectivity index (χ3n) is 6.33. The molecular weight excluding hydrogens is 516 g/mol. The number of hydrogen-bond acceptors (Lipinski definition) is 7. The van der Waals surface area contributed by atoms with Gasteiger partial charge in [-0.3, -0.25) is 9.59 Å². The molecule has 0 bridgehead atoms. The Labute approximate surface area is 221 Å². The van der Waals surface area contributed by atoms with Crippen LogP contribution in [0.25, 0.3) is 11.3 Å². The van der Waals surface area contributed by atoms with Gasteiger partial charge >= 0.3 is 0 Å². The molecule has 0 aliphatic carbocycles. The van der Waals surface area contributed by atoms with Crippen LogP contribution in [0.5, 0.6) is 11.5 Å². The van der Waals surface area contributed by atoms with Crippen molar-refractivity contribution < 1.29 is 19.1 Å². The number of carbonyl (C=O) groups is 2. The standard InChI is InChI=1S/C27H21ClN2O4S2/c1-15-25(29-24(36-15)13-19(31)10-16-2-5-22-23(11-16)34-14-33-22)18-3-4-21-17(12-18)6-8-30(21)27(32)26-20(28)7-9-35-26/h2-5,7,9,11-12H,6,8,10,13-14H2,1H3. The molecule has 9 heteroatoms. The number of nitrogens with zero attached hydrogens (tertiary/aromatic N) is 2. The van der Waals surface area contributed by atoms with Crippen LogP contribution in [0.3, 0.4) is 0 Å². The van der Waals surface area contributed by atoms with Gasteiger partial charge in [0.15, 0.2) is 11.5 Å². The molecule has 2 aromatic carbocycles. The molecule has 0 fully saturated rings. The van der Waals surface area contributed by atoms with Crippen LogP contribution in [0.4, 0.5) is 5.69 Å². The third-order valence-corrected chi connectivity index (χ3v) is 8.63. The highest BCUT2D eigenvalue weighted by atomic mass is 35.5. The summed E-state index contributed by atoms with van der Waals surface area (Å²) in [6, 6.07) is 13.5. The Bertz CT molecular complexity index is 1510. The van der Waals surface area contributed by atoms with Crippen molar-refractivity contribution in [1.29, 1.82) is 0 Å². The van der Waals surface area contributed by atoms with Gasteiger partial charge in [0, 0.05) is 29.1 Å². The summed E-state index contributed by atoms with van der Waals surface area (Å²) in [5, 5.41) is 3.13. The number of rotatable bonds is 6. The molecule has 6 nitrogen and oxygen atoms in total. The van der Waals surface area contributed by atoms with E-state index in [1.54, 1.807) is 22.3 Å². The molecule has 2 aliphatic heterocycles. The van der Waals surface area contributed by atoms with Crippen LogP contribution in [0.15, 0.2) is 47.8 Å². The van der Waals surface area contributed by atoms with E-state index in [-0.39, 0.29) is 24.9 Å². The average Bonchev–Trinajstić information content (AvgIpc) is 3.64. The molecule has 2 aliphatic rings. The maximum absolute atomic E-state index is 13.0. The number of ketones is 1. The molecular formula is C27H21ClN2O4S2. The van der Waals surface area contributed by atoms with Crippen LogP contribution in [0, 0.1) is 6.92 Å². The first kappa shape index (κ1) is 23.2. The lowest BCUT2D eigenvalue weighted by Crippen LogP contribution is -2.28. The summed E-state index contributed by atoms with van der Waals surface area (Å²) in [4.78, 5) is 34.0. The molecule has 36 heavy (non-hydrogen) atoms. The molecule has 4 heterocycles. The van der Waals surface area contributed by atoms with Crippen LogP contribution in [-0.2, 0) is 24.1 Å². The number of anilines is 1. The number of benzene rings is 2. The quantitative estimate of drug-likeness (QED) is 0.297. The Morgan fingerprint density at radius 3 is 2.78 bits per heavy atom. The van der Waals surface area contributed by atoms with Gasteiger partial charge in [0.2, 0.25) is 6.79 Å². The molecule has 0 saturated carbocycles. The highest BCUT2D eigenvalue weighted by Gasteiger charge is 2.28. The van der Waals surface area contributed by atoms with Crippen LogP contribution in [0.1, 0.15) is 30.7 Å². The molecule has 1 amide bonds. The third kappa shape index (κ3) is 4.30. The molecule has 0 radical (unpaired) electrons. The minimum absolute atomic E-state index is 0.0606. The molecule has 0 spiro atoms. The van der Waals surface area contributed by atoms with Crippen molar-refractivity contribution in [3.8, 4) is 22.8 Å². The first-order valence-corrected chi connectivity index (χ1v) is 13.6. The van der Waals surface area contributed by atoms with Crippen molar-refractivity contribution in [3.05, 3.63) is 78.8 Å². The maximum Gasteiger partial charge on any atom is 0.269 e. The van der Waals surface area contributed by atoms with Gasteiger partial charge < -0.3 is 14.4 Å². The number of aryl methyl sites for hydroxylation is 1. The van der Waals surface area contributed by atoms with Gasteiger partial charge in [-0.15, -0.1) is 22.7 Å². The minimum atomic E-state index is -0.0606. The molecule has 0 unspecified atom stereocenters. The van der Waals surface area contributed by atoms with Gasteiger partial charge in [-0.05, 0) is 60.2 Å². The van der Waals surface area contributed by atoms with Gasteiger partial charge in [-0.25, -0.2) is 4.98 Å². The summed E-state index contributed by atoms with van der Waals surface area (Å²) in [7, 11) is 0. The lowest BCUT2D eigenvalue weighted by atomic mass is 10.1. The number of fused-ring (bicyclic) bond motifs is 2. The second kappa shape index (κ2) is 9.35. The van der Waals surface area contributed by atoms with E-state index < -0.39 is 0 Å². The summed E-state index contributed by atoms with van der Waals surface area (Å²) in [6.45, 7) is 2.87. The monoisotopic (exact) mass is 536 g/mol. The molecule has 0 saturated heterocycles. The van der Waals surface area contributed by atoms with Crippen molar-refractivity contribution in [2.75, 3.05) is 18.2 Å². The van der Waals surface area contributed by atoms with E-state index in [4.69, 9.17) is 26.1 Å². The van der Waals surface area contributed by atoms with Gasteiger partial charge in [0.1, 0.15) is 15.7 Å². The van der Waals surface area contributed by atoms with E-state index in [2.05, 4.69) is 6.07 Å². The number of aromatic nitrogens is 1. The fraction of sp³-hybridized carbons (Fsp3) is 0.222. The number of hydrogen-bond donors (Lipinski definition) is 0. The van der Waals surface area contributed by atoms with Crippen LogP contribution in [-0.4, -0.2) is 30.0 Å². The SMILES string of the molecule is Cc1sc(CC(=O)Cc2ccc3c(c2)OCO3)nc1-c1ccc2c(c1)CCN2C(=O)c1sccc1Cl. The lowest BCUT2D eigenvalue weighted by molar-refractivity contribution is -0.117. The Morgan fingerprint density at radius 1 is 1.08 bits per heavy atom. The van der Waals surface area contributed by atoms with Gasteiger partial charge in [0.25, 0.3) is 5.91 Å². The highest BCUT2D eigenvalue weighted by molar-refractivity contribution is 7.13. The second-order valence-electron chi connectivity index (χ2n) is 8.74. The van der Waals surface area contributed by atoms with Crippen LogP contribution < -0.4 is 14.4 Å². The first-order valence-electron chi connectivity index (χ1n) is 11.5. The Morgan fingerprint density at radius 2 is 1.94 bits per heavy atom. The number of Topliss-reactive ketones (excluding diaryl/α,β-unsaturated/α-hetero) is 1. The number of ether oxygens (including phenoxy) is 2.